The molecule has 0 aliphatic heterocycles. The summed E-state index contributed by atoms with van der Waals surface area (Å²) in [5.41, 5.74) is 7.37. The van der Waals surface area contributed by atoms with Crippen LogP contribution in [0.4, 0.5) is 0 Å². The molecule has 2 N–H and O–H groups in total. The Kier molecular flexibility index (Phi) is 5.96. The molecule has 116 valence electrons. The summed E-state index contributed by atoms with van der Waals surface area (Å²) in [5, 5.41) is 7.72. The van der Waals surface area contributed by atoms with Crippen molar-refractivity contribution in [3.8, 4) is 5.69 Å². The summed E-state index contributed by atoms with van der Waals surface area (Å²) in [7, 11) is 0. The van der Waals surface area contributed by atoms with Crippen LogP contribution in [0.3, 0.4) is 0 Å². The highest BCUT2D eigenvalue weighted by Gasteiger charge is 2.09. The molecule has 0 spiro atoms. The molecular formula is C16H19IN4S. The van der Waals surface area contributed by atoms with E-state index in [0.29, 0.717) is 5.11 Å². The largest absolute Gasteiger partial charge is 0.362 e. The SMILES string of the molecule is CCNC(=S)NN=Cc1cc(C)n(-c2ccc(I)cc2)c1C. The highest BCUT2D eigenvalue weighted by atomic mass is 127. The number of benzene rings is 1. The Morgan fingerprint density at radius 2 is 2.00 bits per heavy atom. The van der Waals surface area contributed by atoms with E-state index in [4.69, 9.17) is 12.2 Å². The summed E-state index contributed by atoms with van der Waals surface area (Å²) >= 11 is 7.39. The quantitative estimate of drug-likeness (QED) is 0.340. The number of nitrogens with zero attached hydrogens (tertiary/aromatic N) is 2. The molecule has 0 atom stereocenters. The monoisotopic (exact) mass is 426 g/mol. The number of hydrogen-bond donors (Lipinski definition) is 2. The summed E-state index contributed by atoms with van der Waals surface area (Å²) in [6.07, 6.45) is 1.80. The lowest BCUT2D eigenvalue weighted by molar-refractivity contribution is 0.903. The van der Waals surface area contributed by atoms with Gasteiger partial charge in [0, 0.05) is 32.8 Å². The Morgan fingerprint density at radius 1 is 1.32 bits per heavy atom. The predicted octanol–water partition coefficient (Wildman–Crippen LogP) is 3.52. The van der Waals surface area contributed by atoms with Crippen LogP contribution in [0.15, 0.2) is 35.4 Å². The van der Waals surface area contributed by atoms with Crippen molar-refractivity contribution in [1.29, 1.82) is 0 Å². The molecule has 0 aliphatic rings. The van der Waals surface area contributed by atoms with E-state index in [1.165, 1.54) is 9.26 Å². The lowest BCUT2D eigenvalue weighted by Crippen LogP contribution is -2.31. The molecule has 0 fully saturated rings. The number of aromatic nitrogens is 1. The standard InChI is InChI=1S/C16H19IN4S/c1-4-18-16(22)20-19-10-13-9-11(2)21(12(13)3)15-7-5-14(17)6-8-15/h5-10H,4H2,1-3H3,(H2,18,20,22). The molecule has 1 heterocycles. The fourth-order valence-corrected chi connectivity index (χ4v) is 2.82. The molecule has 1 aromatic heterocycles. The van der Waals surface area contributed by atoms with Gasteiger partial charge in [0.15, 0.2) is 5.11 Å². The molecule has 0 saturated heterocycles. The molecule has 0 bridgehead atoms. The van der Waals surface area contributed by atoms with Crippen molar-refractivity contribution in [2.45, 2.75) is 20.8 Å². The first kappa shape index (κ1) is 17.0. The van der Waals surface area contributed by atoms with E-state index in [9.17, 15) is 0 Å². The Bertz CT molecular complexity index is 689. The van der Waals surface area contributed by atoms with Crippen LogP contribution < -0.4 is 10.7 Å². The lowest BCUT2D eigenvalue weighted by atomic mass is 10.2. The van der Waals surface area contributed by atoms with E-state index in [1.54, 1.807) is 6.21 Å². The zero-order valence-electron chi connectivity index (χ0n) is 12.9. The Morgan fingerprint density at radius 3 is 2.64 bits per heavy atom. The Balaban J connectivity index is 2.22. The van der Waals surface area contributed by atoms with Gasteiger partial charge in [0.2, 0.25) is 0 Å². The van der Waals surface area contributed by atoms with Gasteiger partial charge in [-0.05, 0) is 85.9 Å². The van der Waals surface area contributed by atoms with Gasteiger partial charge in [-0.2, -0.15) is 5.10 Å². The maximum absolute atomic E-state index is 5.08. The average Bonchev–Trinajstić information content (AvgIpc) is 2.75. The minimum absolute atomic E-state index is 0.533. The molecule has 0 radical (unpaired) electrons. The molecule has 0 amide bonds. The zero-order chi connectivity index (χ0) is 16.1. The lowest BCUT2D eigenvalue weighted by Gasteiger charge is -2.09. The molecule has 4 nitrogen and oxygen atoms in total. The number of thiocarbonyl (C=S) groups is 1. The van der Waals surface area contributed by atoms with Crippen LogP contribution >= 0.6 is 34.8 Å². The number of halogens is 1. The van der Waals surface area contributed by atoms with Crippen LogP contribution in [0.1, 0.15) is 23.9 Å². The van der Waals surface area contributed by atoms with Crippen LogP contribution in [0.25, 0.3) is 5.69 Å². The zero-order valence-corrected chi connectivity index (χ0v) is 15.8. The van der Waals surface area contributed by atoms with Gasteiger partial charge in [-0.3, -0.25) is 5.43 Å². The third-order valence-electron chi connectivity index (χ3n) is 3.26. The van der Waals surface area contributed by atoms with E-state index in [2.05, 4.69) is 87.2 Å². The second-order valence-electron chi connectivity index (χ2n) is 4.87. The topological polar surface area (TPSA) is 41.4 Å². The van der Waals surface area contributed by atoms with Crippen molar-refractivity contribution in [2.75, 3.05) is 6.54 Å². The molecule has 0 saturated carbocycles. The third-order valence-corrected chi connectivity index (χ3v) is 4.22. The van der Waals surface area contributed by atoms with Crippen molar-refractivity contribution in [3.63, 3.8) is 0 Å². The smallest absolute Gasteiger partial charge is 0.186 e. The number of aryl methyl sites for hydroxylation is 1. The van der Waals surface area contributed by atoms with Crippen LogP contribution in [0.5, 0.6) is 0 Å². The number of hydrazone groups is 1. The van der Waals surface area contributed by atoms with Gasteiger partial charge < -0.3 is 9.88 Å². The van der Waals surface area contributed by atoms with Gasteiger partial charge >= 0.3 is 0 Å². The number of nitrogens with one attached hydrogen (secondary N) is 2. The van der Waals surface area contributed by atoms with Gasteiger partial charge in [-0.25, -0.2) is 0 Å². The molecule has 1 aromatic carbocycles. The summed E-state index contributed by atoms with van der Waals surface area (Å²) < 4.78 is 3.45. The first-order chi connectivity index (χ1) is 10.5. The van der Waals surface area contributed by atoms with Crippen LogP contribution in [0.2, 0.25) is 0 Å². The van der Waals surface area contributed by atoms with E-state index in [-0.39, 0.29) is 0 Å². The highest BCUT2D eigenvalue weighted by molar-refractivity contribution is 14.1. The minimum atomic E-state index is 0.533. The molecular weight excluding hydrogens is 407 g/mol. The summed E-state index contributed by atoms with van der Waals surface area (Å²) in [4.78, 5) is 0. The summed E-state index contributed by atoms with van der Waals surface area (Å²) in [5.74, 6) is 0. The molecule has 2 rings (SSSR count). The van der Waals surface area contributed by atoms with Crippen molar-refractivity contribution < 1.29 is 0 Å². The summed E-state index contributed by atoms with van der Waals surface area (Å²) in [6, 6.07) is 10.6. The van der Waals surface area contributed by atoms with Crippen molar-refractivity contribution in [2.24, 2.45) is 5.10 Å². The highest BCUT2D eigenvalue weighted by Crippen LogP contribution is 2.20. The van der Waals surface area contributed by atoms with Crippen molar-refractivity contribution in [3.05, 3.63) is 50.9 Å². The van der Waals surface area contributed by atoms with Gasteiger partial charge in [-0.1, -0.05) is 0 Å². The van der Waals surface area contributed by atoms with E-state index < -0.39 is 0 Å². The fourth-order valence-electron chi connectivity index (χ4n) is 2.27. The van der Waals surface area contributed by atoms with Gasteiger partial charge in [-0.15, -0.1) is 0 Å². The summed E-state index contributed by atoms with van der Waals surface area (Å²) in [6.45, 7) is 6.96. The molecule has 2 aromatic rings. The van der Waals surface area contributed by atoms with Crippen LogP contribution in [0, 0.1) is 17.4 Å². The first-order valence-electron chi connectivity index (χ1n) is 7.04. The molecule has 0 unspecified atom stereocenters. The van der Waals surface area contributed by atoms with Gasteiger partial charge in [0.25, 0.3) is 0 Å². The molecule has 6 heteroatoms. The van der Waals surface area contributed by atoms with E-state index >= 15 is 0 Å². The number of hydrogen-bond acceptors (Lipinski definition) is 2. The minimum Gasteiger partial charge on any atom is -0.362 e. The molecule has 22 heavy (non-hydrogen) atoms. The van der Waals surface area contributed by atoms with Crippen LogP contribution in [-0.4, -0.2) is 22.4 Å². The Labute approximate surface area is 150 Å². The predicted molar refractivity (Wildman–Crippen MR) is 105 cm³/mol. The molecule has 0 aliphatic carbocycles. The maximum Gasteiger partial charge on any atom is 0.186 e. The fraction of sp³-hybridized carbons (Fsp3) is 0.250. The van der Waals surface area contributed by atoms with Crippen molar-refractivity contribution in [1.82, 2.24) is 15.3 Å². The average molecular weight is 426 g/mol. The number of rotatable bonds is 4. The first-order valence-corrected chi connectivity index (χ1v) is 8.53. The second kappa shape index (κ2) is 7.73. The normalized spacial score (nSPS) is 10.9. The third kappa shape index (κ3) is 4.07. The van der Waals surface area contributed by atoms with E-state index in [1.807, 2.05) is 6.92 Å². The van der Waals surface area contributed by atoms with Crippen LogP contribution in [-0.2, 0) is 0 Å². The van der Waals surface area contributed by atoms with Crippen molar-refractivity contribution >= 4 is 46.1 Å². The maximum atomic E-state index is 5.08. The van der Waals surface area contributed by atoms with Gasteiger partial charge in [0.05, 0.1) is 6.21 Å². The van der Waals surface area contributed by atoms with Gasteiger partial charge in [0.1, 0.15) is 0 Å². The Hall–Kier alpha value is -1.41. The van der Waals surface area contributed by atoms with E-state index in [0.717, 1.165) is 23.5 Å². The second-order valence-corrected chi connectivity index (χ2v) is 6.52.